The van der Waals surface area contributed by atoms with Crippen LogP contribution in [-0.2, 0) is 31.9 Å². The average molecular weight is 274 g/mol. The highest BCUT2D eigenvalue weighted by Gasteiger charge is 1.94. The van der Waals surface area contributed by atoms with E-state index in [0.29, 0.717) is 12.8 Å². The van der Waals surface area contributed by atoms with Crippen molar-refractivity contribution in [2.75, 3.05) is 7.11 Å². The summed E-state index contributed by atoms with van der Waals surface area (Å²) in [5.74, 6) is -0.675. The number of hydrogen-bond acceptors (Lipinski definition) is 4. The van der Waals surface area contributed by atoms with E-state index in [1.807, 2.05) is 24.3 Å². The van der Waals surface area contributed by atoms with E-state index in [9.17, 15) is 9.59 Å². The molecule has 0 fully saturated rings. The van der Waals surface area contributed by atoms with Crippen LogP contribution in [0.1, 0.15) is 18.1 Å². The van der Waals surface area contributed by atoms with Crippen LogP contribution in [0.4, 0.5) is 0 Å². The molecule has 0 aliphatic rings. The Hall–Kier alpha value is -2.36. The largest absolute Gasteiger partial charge is 0.466 e. The van der Waals surface area contributed by atoms with Crippen LogP contribution in [-0.4, -0.2) is 19.0 Å². The van der Waals surface area contributed by atoms with Gasteiger partial charge in [-0.15, -0.1) is 0 Å². The Balaban J connectivity index is 2.44. The van der Waals surface area contributed by atoms with Crippen molar-refractivity contribution in [1.82, 2.24) is 0 Å². The number of rotatable bonds is 6. The standard InChI is InChI=1S/C16H18O4/c1-13(17)20-12-4-6-15-10-8-14(9-11-15)5-3-7-16(18)19-2/h3-4,7-12H,5-6H2,1-2H3/b7-3+,12-4+. The number of carbonyl (C=O) groups excluding carboxylic acids is 2. The van der Waals surface area contributed by atoms with E-state index in [-0.39, 0.29) is 11.9 Å². The smallest absolute Gasteiger partial charge is 0.330 e. The fourth-order valence-corrected chi connectivity index (χ4v) is 1.50. The van der Waals surface area contributed by atoms with Gasteiger partial charge in [-0.3, -0.25) is 4.79 Å². The van der Waals surface area contributed by atoms with Crippen molar-refractivity contribution >= 4 is 11.9 Å². The maximum atomic E-state index is 10.9. The fraction of sp³-hybridized carbons (Fsp3) is 0.250. The molecule has 0 saturated heterocycles. The van der Waals surface area contributed by atoms with Crippen molar-refractivity contribution in [1.29, 1.82) is 0 Å². The molecule has 0 aromatic heterocycles. The Bertz CT molecular complexity index is 498. The first-order valence-electron chi connectivity index (χ1n) is 6.26. The SMILES string of the molecule is COC(=O)/C=C/Cc1ccc(C/C=C/OC(C)=O)cc1. The lowest BCUT2D eigenvalue weighted by atomic mass is 10.1. The molecule has 0 atom stereocenters. The number of allylic oxidation sites excluding steroid dienone is 2. The maximum absolute atomic E-state index is 10.9. The van der Waals surface area contributed by atoms with Gasteiger partial charge in [-0.05, 0) is 30.0 Å². The van der Waals surface area contributed by atoms with E-state index < -0.39 is 0 Å². The zero-order chi connectivity index (χ0) is 14.8. The Morgan fingerprint density at radius 1 is 1.05 bits per heavy atom. The third kappa shape index (κ3) is 6.54. The molecule has 0 heterocycles. The first-order valence-corrected chi connectivity index (χ1v) is 6.26. The molecule has 4 heteroatoms. The predicted molar refractivity (Wildman–Crippen MR) is 75.9 cm³/mol. The number of esters is 2. The highest BCUT2D eigenvalue weighted by Crippen LogP contribution is 2.07. The zero-order valence-corrected chi connectivity index (χ0v) is 11.7. The molecule has 1 aromatic carbocycles. The molecule has 106 valence electrons. The summed E-state index contributed by atoms with van der Waals surface area (Å²) in [5.41, 5.74) is 2.23. The lowest BCUT2D eigenvalue weighted by molar-refractivity contribution is -0.136. The minimum Gasteiger partial charge on any atom is -0.466 e. The number of ether oxygens (including phenoxy) is 2. The van der Waals surface area contributed by atoms with E-state index in [2.05, 4.69) is 4.74 Å². The molecular weight excluding hydrogens is 256 g/mol. The van der Waals surface area contributed by atoms with Gasteiger partial charge < -0.3 is 9.47 Å². The van der Waals surface area contributed by atoms with Crippen LogP contribution >= 0.6 is 0 Å². The summed E-state index contributed by atoms with van der Waals surface area (Å²) in [6, 6.07) is 7.99. The second-order valence-electron chi connectivity index (χ2n) is 4.13. The fourth-order valence-electron chi connectivity index (χ4n) is 1.50. The first kappa shape index (κ1) is 15.7. The van der Waals surface area contributed by atoms with Crippen LogP contribution in [0, 0.1) is 0 Å². The van der Waals surface area contributed by atoms with E-state index in [1.165, 1.54) is 26.4 Å². The predicted octanol–water partition coefficient (Wildman–Crippen LogP) is 2.58. The zero-order valence-electron chi connectivity index (χ0n) is 11.7. The van der Waals surface area contributed by atoms with Crippen LogP contribution in [0.5, 0.6) is 0 Å². The van der Waals surface area contributed by atoms with Gasteiger partial charge in [0.1, 0.15) is 0 Å². The second-order valence-corrected chi connectivity index (χ2v) is 4.13. The van der Waals surface area contributed by atoms with Gasteiger partial charge in [0.15, 0.2) is 0 Å². The Kier molecular flexibility index (Phi) is 6.82. The highest BCUT2D eigenvalue weighted by atomic mass is 16.5. The topological polar surface area (TPSA) is 52.6 Å². The molecule has 0 aliphatic carbocycles. The Morgan fingerprint density at radius 2 is 1.60 bits per heavy atom. The van der Waals surface area contributed by atoms with E-state index in [1.54, 1.807) is 12.2 Å². The van der Waals surface area contributed by atoms with E-state index in [0.717, 1.165) is 11.1 Å². The molecule has 0 amide bonds. The van der Waals surface area contributed by atoms with Gasteiger partial charge >= 0.3 is 11.9 Å². The molecule has 20 heavy (non-hydrogen) atoms. The molecule has 0 saturated carbocycles. The summed E-state index contributed by atoms with van der Waals surface area (Å²) in [6.45, 7) is 1.36. The van der Waals surface area contributed by atoms with Crippen molar-refractivity contribution in [2.24, 2.45) is 0 Å². The quantitative estimate of drug-likeness (QED) is 0.454. The normalized spacial score (nSPS) is 10.9. The maximum Gasteiger partial charge on any atom is 0.330 e. The van der Waals surface area contributed by atoms with Crippen molar-refractivity contribution < 1.29 is 19.1 Å². The lowest BCUT2D eigenvalue weighted by Crippen LogP contribution is -1.94. The average Bonchev–Trinajstić information content (AvgIpc) is 2.44. The molecular formula is C16H18O4. The molecule has 1 aromatic rings. The summed E-state index contributed by atoms with van der Waals surface area (Å²) in [5, 5.41) is 0. The van der Waals surface area contributed by atoms with Gasteiger partial charge in [-0.2, -0.15) is 0 Å². The minimum absolute atomic E-state index is 0.325. The van der Waals surface area contributed by atoms with Crippen molar-refractivity contribution in [3.63, 3.8) is 0 Å². The molecule has 0 unspecified atom stereocenters. The summed E-state index contributed by atoms with van der Waals surface area (Å²) in [4.78, 5) is 21.5. The van der Waals surface area contributed by atoms with Gasteiger partial charge in [0.05, 0.1) is 13.4 Å². The lowest BCUT2D eigenvalue weighted by Gasteiger charge is -2.00. The van der Waals surface area contributed by atoms with Crippen LogP contribution < -0.4 is 0 Å². The second kappa shape index (κ2) is 8.69. The van der Waals surface area contributed by atoms with Gasteiger partial charge in [-0.25, -0.2) is 4.79 Å². The molecule has 0 spiro atoms. The Morgan fingerprint density at radius 3 is 2.10 bits per heavy atom. The van der Waals surface area contributed by atoms with Gasteiger partial charge in [0, 0.05) is 13.0 Å². The summed E-state index contributed by atoms with van der Waals surface area (Å²) in [6.07, 6.45) is 7.74. The molecule has 0 radical (unpaired) electrons. The first-order chi connectivity index (χ1) is 9.61. The van der Waals surface area contributed by atoms with Gasteiger partial charge in [0.25, 0.3) is 0 Å². The molecule has 0 aliphatic heterocycles. The van der Waals surface area contributed by atoms with Crippen molar-refractivity contribution in [3.8, 4) is 0 Å². The van der Waals surface area contributed by atoms with Crippen LogP contribution in [0.3, 0.4) is 0 Å². The molecule has 0 N–H and O–H groups in total. The number of methoxy groups -OCH3 is 1. The van der Waals surface area contributed by atoms with Crippen molar-refractivity contribution in [2.45, 2.75) is 19.8 Å². The van der Waals surface area contributed by atoms with Gasteiger partial charge in [-0.1, -0.05) is 30.3 Å². The Labute approximate surface area is 118 Å². The minimum atomic E-state index is -0.350. The van der Waals surface area contributed by atoms with Crippen LogP contribution in [0.25, 0.3) is 0 Å². The van der Waals surface area contributed by atoms with Crippen molar-refractivity contribution in [3.05, 3.63) is 59.9 Å². The number of carbonyl (C=O) groups is 2. The number of benzene rings is 1. The highest BCUT2D eigenvalue weighted by molar-refractivity contribution is 5.81. The van der Waals surface area contributed by atoms with Crippen LogP contribution in [0.2, 0.25) is 0 Å². The summed E-state index contributed by atoms with van der Waals surface area (Å²) in [7, 11) is 1.35. The van der Waals surface area contributed by atoms with E-state index in [4.69, 9.17) is 4.74 Å². The molecule has 1 rings (SSSR count). The third-order valence-electron chi connectivity index (χ3n) is 2.52. The summed E-state index contributed by atoms with van der Waals surface area (Å²) < 4.78 is 9.21. The van der Waals surface area contributed by atoms with E-state index >= 15 is 0 Å². The summed E-state index contributed by atoms with van der Waals surface area (Å²) >= 11 is 0. The molecule has 4 nitrogen and oxygen atoms in total. The third-order valence-corrected chi connectivity index (χ3v) is 2.52. The van der Waals surface area contributed by atoms with Crippen LogP contribution in [0.15, 0.2) is 48.8 Å². The molecule has 0 bridgehead atoms. The van der Waals surface area contributed by atoms with Gasteiger partial charge in [0.2, 0.25) is 0 Å². The number of hydrogen-bond donors (Lipinski definition) is 0. The monoisotopic (exact) mass is 274 g/mol.